The number of rotatable bonds is 7. The molecule has 1 amide bonds. The molecule has 0 bridgehead atoms. The van der Waals surface area contributed by atoms with Crippen LogP contribution in [-0.4, -0.2) is 49.4 Å². The molecule has 1 aliphatic heterocycles. The van der Waals surface area contributed by atoms with Crippen molar-refractivity contribution < 1.29 is 22.7 Å². The van der Waals surface area contributed by atoms with Crippen LogP contribution in [0.5, 0.6) is 0 Å². The number of hydrogen-bond donors (Lipinski definition) is 2. The van der Waals surface area contributed by atoms with Gasteiger partial charge in [-0.1, -0.05) is 18.6 Å². The normalized spacial score (nSPS) is 17.3. The number of anilines is 1. The first kappa shape index (κ1) is 21.9. The van der Waals surface area contributed by atoms with Gasteiger partial charge in [0.2, 0.25) is 10.0 Å². The van der Waals surface area contributed by atoms with Gasteiger partial charge in [-0.25, -0.2) is 13.6 Å². The van der Waals surface area contributed by atoms with Gasteiger partial charge in [0.25, 0.3) is 5.91 Å². The molecule has 1 atom stereocenters. The van der Waals surface area contributed by atoms with Gasteiger partial charge in [-0.2, -0.15) is 0 Å². The minimum absolute atomic E-state index is 0.121. The van der Waals surface area contributed by atoms with Crippen LogP contribution in [0.2, 0.25) is 0 Å². The van der Waals surface area contributed by atoms with Crippen molar-refractivity contribution in [1.82, 2.24) is 9.88 Å². The molecule has 10 heteroatoms. The third-order valence-electron chi connectivity index (χ3n) is 4.77. The molecule has 2 aromatic rings. The number of benzene rings is 1. The van der Waals surface area contributed by atoms with E-state index in [-0.39, 0.29) is 10.6 Å². The van der Waals surface area contributed by atoms with E-state index in [0.717, 1.165) is 25.1 Å². The van der Waals surface area contributed by atoms with Crippen LogP contribution in [0.25, 0.3) is 0 Å². The Morgan fingerprint density at radius 3 is 2.77 bits per heavy atom. The molecule has 1 aliphatic rings. The average Bonchev–Trinajstić information content (AvgIpc) is 2.73. The highest BCUT2D eigenvalue weighted by molar-refractivity contribution is 7.89. The lowest BCUT2D eigenvalue weighted by molar-refractivity contribution is -0.154. The maximum absolute atomic E-state index is 12.6. The van der Waals surface area contributed by atoms with E-state index in [0.29, 0.717) is 13.0 Å². The summed E-state index contributed by atoms with van der Waals surface area (Å²) in [5.74, 6) is -1.03. The van der Waals surface area contributed by atoms with Crippen LogP contribution in [0.15, 0.2) is 53.6 Å². The van der Waals surface area contributed by atoms with Crippen molar-refractivity contribution >= 4 is 27.6 Å². The fourth-order valence-corrected chi connectivity index (χ4v) is 3.89. The molecule has 2 heterocycles. The van der Waals surface area contributed by atoms with Gasteiger partial charge in [-0.05, 0) is 49.7 Å². The van der Waals surface area contributed by atoms with E-state index in [1.165, 1.54) is 24.3 Å². The van der Waals surface area contributed by atoms with Gasteiger partial charge in [0.15, 0.2) is 6.61 Å². The van der Waals surface area contributed by atoms with Crippen molar-refractivity contribution in [2.75, 3.05) is 18.5 Å². The summed E-state index contributed by atoms with van der Waals surface area (Å²) in [7, 11) is -3.88. The number of ether oxygens (including phenoxy) is 1. The molecule has 0 saturated carbocycles. The molecule has 3 rings (SSSR count). The number of carbonyl (C=O) groups excluding carboxylic acids is 2. The first-order valence-corrected chi connectivity index (χ1v) is 11.1. The van der Waals surface area contributed by atoms with Crippen molar-refractivity contribution in [3.63, 3.8) is 0 Å². The number of piperidine rings is 1. The lowest BCUT2D eigenvalue weighted by Gasteiger charge is -2.33. The standard InChI is InChI=1S/C20H24N4O5S/c21-30(27,28)17-8-5-7-15(12-17)23-19(25)14-29-20(26)18-9-2-4-11-24(18)13-16-6-1-3-10-22-16/h1,3,5-8,10,12,18H,2,4,9,11,13-14H2,(H,23,25)(H2,21,27,28). The van der Waals surface area contributed by atoms with Crippen LogP contribution in [0.4, 0.5) is 5.69 Å². The van der Waals surface area contributed by atoms with Crippen LogP contribution in [0, 0.1) is 0 Å². The molecule has 1 fully saturated rings. The highest BCUT2D eigenvalue weighted by Gasteiger charge is 2.30. The Hall–Kier alpha value is -2.82. The molecule has 1 aromatic carbocycles. The third kappa shape index (κ3) is 6.09. The van der Waals surface area contributed by atoms with Gasteiger partial charge in [0.1, 0.15) is 6.04 Å². The topological polar surface area (TPSA) is 132 Å². The summed E-state index contributed by atoms with van der Waals surface area (Å²) in [6.45, 7) is 0.822. The SMILES string of the molecule is NS(=O)(=O)c1cccc(NC(=O)COC(=O)C2CCCCN2Cc2ccccn2)c1. The number of carbonyl (C=O) groups is 2. The zero-order valence-corrected chi connectivity index (χ0v) is 17.2. The fraction of sp³-hybridized carbons (Fsp3) is 0.350. The van der Waals surface area contributed by atoms with Gasteiger partial charge in [-0.15, -0.1) is 0 Å². The summed E-state index contributed by atoms with van der Waals surface area (Å²) in [5.41, 5.74) is 1.11. The maximum atomic E-state index is 12.6. The number of pyridine rings is 1. The maximum Gasteiger partial charge on any atom is 0.323 e. The van der Waals surface area contributed by atoms with E-state index in [9.17, 15) is 18.0 Å². The molecular weight excluding hydrogens is 408 g/mol. The summed E-state index contributed by atoms with van der Waals surface area (Å²) in [6, 6.07) is 10.7. The smallest absolute Gasteiger partial charge is 0.323 e. The molecule has 1 saturated heterocycles. The Bertz CT molecular complexity index is 997. The summed E-state index contributed by atoms with van der Waals surface area (Å²) in [6.07, 6.45) is 4.26. The van der Waals surface area contributed by atoms with Crippen LogP contribution in [-0.2, 0) is 30.9 Å². The van der Waals surface area contributed by atoms with Crippen molar-refractivity contribution in [3.05, 3.63) is 54.4 Å². The Kier molecular flexibility index (Phi) is 7.14. The minimum atomic E-state index is -3.88. The first-order valence-electron chi connectivity index (χ1n) is 9.56. The zero-order chi connectivity index (χ0) is 21.6. The van der Waals surface area contributed by atoms with E-state index in [2.05, 4.69) is 10.3 Å². The molecule has 1 aromatic heterocycles. The highest BCUT2D eigenvalue weighted by Crippen LogP contribution is 2.20. The van der Waals surface area contributed by atoms with E-state index in [1.807, 2.05) is 23.1 Å². The molecule has 0 spiro atoms. The quantitative estimate of drug-likeness (QED) is 0.630. The zero-order valence-electron chi connectivity index (χ0n) is 16.4. The molecule has 0 aliphatic carbocycles. The number of nitrogens with one attached hydrogen (secondary N) is 1. The van der Waals surface area contributed by atoms with Gasteiger partial charge in [-0.3, -0.25) is 19.5 Å². The summed E-state index contributed by atoms with van der Waals surface area (Å²) in [4.78, 5) is 30.9. The van der Waals surface area contributed by atoms with E-state index < -0.39 is 34.5 Å². The predicted molar refractivity (Wildman–Crippen MR) is 110 cm³/mol. The van der Waals surface area contributed by atoms with Crippen molar-refractivity contribution in [2.45, 2.75) is 36.7 Å². The second-order valence-electron chi connectivity index (χ2n) is 7.03. The monoisotopic (exact) mass is 432 g/mol. The number of sulfonamides is 1. The van der Waals surface area contributed by atoms with E-state index in [1.54, 1.807) is 6.20 Å². The van der Waals surface area contributed by atoms with Crippen molar-refractivity contribution in [1.29, 1.82) is 0 Å². The van der Waals surface area contributed by atoms with Gasteiger partial charge in [0.05, 0.1) is 10.6 Å². The highest BCUT2D eigenvalue weighted by atomic mass is 32.2. The Morgan fingerprint density at radius 2 is 2.03 bits per heavy atom. The molecule has 160 valence electrons. The largest absolute Gasteiger partial charge is 0.454 e. The lowest BCUT2D eigenvalue weighted by atomic mass is 10.0. The van der Waals surface area contributed by atoms with E-state index >= 15 is 0 Å². The third-order valence-corrected chi connectivity index (χ3v) is 5.68. The second-order valence-corrected chi connectivity index (χ2v) is 8.59. The summed E-state index contributed by atoms with van der Waals surface area (Å²) < 4.78 is 28.0. The Morgan fingerprint density at radius 1 is 1.20 bits per heavy atom. The number of hydrogen-bond acceptors (Lipinski definition) is 7. The number of esters is 1. The molecule has 9 nitrogen and oxygen atoms in total. The van der Waals surface area contributed by atoms with Gasteiger partial charge < -0.3 is 10.1 Å². The molecule has 1 unspecified atom stereocenters. The number of aromatic nitrogens is 1. The van der Waals surface area contributed by atoms with Crippen LogP contribution in [0.3, 0.4) is 0 Å². The predicted octanol–water partition coefficient (Wildman–Crippen LogP) is 1.27. The molecular formula is C20H24N4O5S. The van der Waals surface area contributed by atoms with Crippen molar-refractivity contribution in [3.8, 4) is 0 Å². The first-order chi connectivity index (χ1) is 14.3. The van der Waals surface area contributed by atoms with Crippen molar-refractivity contribution in [2.24, 2.45) is 5.14 Å². The number of amides is 1. The number of nitrogens with two attached hydrogens (primary N) is 1. The molecule has 3 N–H and O–H groups in total. The van der Waals surface area contributed by atoms with Gasteiger partial charge >= 0.3 is 5.97 Å². The van der Waals surface area contributed by atoms with Crippen LogP contribution >= 0.6 is 0 Å². The Balaban J connectivity index is 1.55. The summed E-state index contributed by atoms with van der Waals surface area (Å²) in [5, 5.41) is 7.59. The van der Waals surface area contributed by atoms with Gasteiger partial charge in [0, 0.05) is 18.4 Å². The Labute approximate surface area is 175 Å². The minimum Gasteiger partial charge on any atom is -0.454 e. The average molecular weight is 433 g/mol. The molecule has 0 radical (unpaired) electrons. The van der Waals surface area contributed by atoms with Crippen LogP contribution in [0.1, 0.15) is 25.0 Å². The second kappa shape index (κ2) is 9.79. The fourth-order valence-electron chi connectivity index (χ4n) is 3.33. The van der Waals surface area contributed by atoms with E-state index in [4.69, 9.17) is 9.88 Å². The number of primary sulfonamides is 1. The number of nitrogens with zero attached hydrogens (tertiary/aromatic N) is 2. The molecule has 30 heavy (non-hydrogen) atoms. The van der Waals surface area contributed by atoms with Crippen LogP contribution < -0.4 is 10.5 Å². The summed E-state index contributed by atoms with van der Waals surface area (Å²) >= 11 is 0. The number of likely N-dealkylation sites (tertiary alicyclic amines) is 1. The lowest BCUT2D eigenvalue weighted by Crippen LogP contribution is -2.45.